The van der Waals surface area contributed by atoms with Gasteiger partial charge in [-0.05, 0) is 56.8 Å². The molecule has 1 unspecified atom stereocenters. The van der Waals surface area contributed by atoms with Gasteiger partial charge in [0.1, 0.15) is 0 Å². The number of likely N-dealkylation sites (tertiary alicyclic amines) is 2. The van der Waals surface area contributed by atoms with Crippen LogP contribution in [0.4, 0.5) is 4.79 Å². The van der Waals surface area contributed by atoms with Crippen molar-refractivity contribution in [3.05, 3.63) is 0 Å². The number of amides is 3. The van der Waals surface area contributed by atoms with E-state index < -0.39 is 0 Å². The Balaban J connectivity index is 1.44. The average Bonchev–Trinajstić information content (AvgIpc) is 2.92. The Morgan fingerprint density at radius 2 is 1.92 bits per heavy atom. The van der Waals surface area contributed by atoms with Gasteiger partial charge in [0.25, 0.3) is 0 Å². The SMILES string of the molecule is COC1CCC(C)(CNC(=O)N2CCCC(N3CCCC3=O)CC2)CC1. The highest BCUT2D eigenvalue weighted by Gasteiger charge is 2.33. The van der Waals surface area contributed by atoms with Crippen LogP contribution in [0.25, 0.3) is 0 Å². The Labute approximate surface area is 157 Å². The van der Waals surface area contributed by atoms with Crippen LogP contribution in [0.2, 0.25) is 0 Å². The van der Waals surface area contributed by atoms with Gasteiger partial charge in [-0.25, -0.2) is 4.79 Å². The largest absolute Gasteiger partial charge is 0.381 e. The number of carbonyl (C=O) groups excluding carboxylic acids is 2. The topological polar surface area (TPSA) is 61.9 Å². The normalized spacial score (nSPS) is 33.2. The minimum atomic E-state index is 0.0634. The van der Waals surface area contributed by atoms with Crippen molar-refractivity contribution in [3.63, 3.8) is 0 Å². The van der Waals surface area contributed by atoms with Crippen molar-refractivity contribution in [2.45, 2.75) is 76.9 Å². The van der Waals surface area contributed by atoms with Gasteiger partial charge >= 0.3 is 6.03 Å². The van der Waals surface area contributed by atoms with Crippen LogP contribution in [0.1, 0.15) is 64.7 Å². The first-order valence-corrected chi connectivity index (χ1v) is 10.4. The van der Waals surface area contributed by atoms with E-state index in [0.717, 1.165) is 77.5 Å². The highest BCUT2D eigenvalue weighted by Crippen LogP contribution is 2.36. The molecule has 2 aliphatic heterocycles. The fourth-order valence-corrected chi connectivity index (χ4v) is 4.75. The molecule has 6 nitrogen and oxygen atoms in total. The van der Waals surface area contributed by atoms with Gasteiger partial charge in [0.15, 0.2) is 0 Å². The minimum absolute atomic E-state index is 0.0634. The van der Waals surface area contributed by atoms with Gasteiger partial charge in [-0.3, -0.25) is 4.79 Å². The van der Waals surface area contributed by atoms with Crippen molar-refractivity contribution in [1.29, 1.82) is 0 Å². The summed E-state index contributed by atoms with van der Waals surface area (Å²) in [5, 5.41) is 3.18. The lowest BCUT2D eigenvalue weighted by Gasteiger charge is -2.37. The third kappa shape index (κ3) is 4.70. The monoisotopic (exact) mass is 365 g/mol. The van der Waals surface area contributed by atoms with E-state index in [2.05, 4.69) is 17.1 Å². The molecule has 1 saturated carbocycles. The van der Waals surface area contributed by atoms with Gasteiger partial charge < -0.3 is 19.9 Å². The zero-order valence-electron chi connectivity index (χ0n) is 16.5. The van der Waals surface area contributed by atoms with Crippen LogP contribution in [0.15, 0.2) is 0 Å². The molecule has 3 fully saturated rings. The van der Waals surface area contributed by atoms with Gasteiger partial charge in [0.2, 0.25) is 5.91 Å². The number of carbonyl (C=O) groups is 2. The molecular weight excluding hydrogens is 330 g/mol. The van der Waals surface area contributed by atoms with Crippen LogP contribution in [-0.2, 0) is 9.53 Å². The van der Waals surface area contributed by atoms with E-state index in [1.165, 1.54) is 0 Å². The summed E-state index contributed by atoms with van der Waals surface area (Å²) in [4.78, 5) is 28.6. The quantitative estimate of drug-likeness (QED) is 0.833. The molecule has 6 heteroatoms. The van der Waals surface area contributed by atoms with E-state index in [1.807, 2.05) is 4.90 Å². The zero-order valence-corrected chi connectivity index (χ0v) is 16.5. The van der Waals surface area contributed by atoms with Gasteiger partial charge in [-0.2, -0.15) is 0 Å². The Morgan fingerprint density at radius 3 is 2.58 bits per heavy atom. The Bertz CT molecular complexity index is 503. The Hall–Kier alpha value is -1.30. The molecule has 3 amide bonds. The molecule has 0 aromatic carbocycles. The highest BCUT2D eigenvalue weighted by atomic mass is 16.5. The second-order valence-corrected chi connectivity index (χ2v) is 8.67. The molecule has 0 radical (unpaired) electrons. The molecule has 0 spiro atoms. The van der Waals surface area contributed by atoms with Crippen molar-refractivity contribution in [3.8, 4) is 0 Å². The van der Waals surface area contributed by atoms with Gasteiger partial charge in [0.05, 0.1) is 6.10 Å². The molecule has 3 rings (SSSR count). The summed E-state index contributed by atoms with van der Waals surface area (Å²) >= 11 is 0. The maximum atomic E-state index is 12.7. The molecular formula is C20H35N3O3. The number of rotatable bonds is 4. The fourth-order valence-electron chi connectivity index (χ4n) is 4.75. The smallest absolute Gasteiger partial charge is 0.317 e. The third-order valence-corrected chi connectivity index (χ3v) is 6.68. The molecule has 1 atom stereocenters. The Morgan fingerprint density at radius 1 is 1.15 bits per heavy atom. The van der Waals surface area contributed by atoms with Crippen LogP contribution in [0.3, 0.4) is 0 Å². The molecule has 0 aromatic heterocycles. The van der Waals surface area contributed by atoms with Crippen LogP contribution in [0.5, 0.6) is 0 Å². The van der Waals surface area contributed by atoms with Crippen molar-refractivity contribution in [1.82, 2.24) is 15.1 Å². The number of methoxy groups -OCH3 is 1. The summed E-state index contributed by atoms with van der Waals surface area (Å²) in [5.74, 6) is 0.299. The second kappa shape index (κ2) is 8.59. The van der Waals surface area contributed by atoms with Crippen LogP contribution in [-0.4, -0.2) is 67.2 Å². The number of urea groups is 1. The van der Waals surface area contributed by atoms with Gasteiger partial charge in [-0.1, -0.05) is 6.92 Å². The van der Waals surface area contributed by atoms with Crippen molar-refractivity contribution in [2.24, 2.45) is 5.41 Å². The zero-order chi connectivity index (χ0) is 18.6. The van der Waals surface area contributed by atoms with Gasteiger partial charge in [0, 0.05) is 45.8 Å². The van der Waals surface area contributed by atoms with Crippen LogP contribution < -0.4 is 5.32 Å². The standard InChI is InChI=1S/C20H35N3O3/c1-20(10-7-17(26-2)8-11-20)15-21-19(25)22-12-3-5-16(9-14-22)23-13-4-6-18(23)24/h16-17H,3-15H2,1-2H3,(H,21,25). The number of nitrogens with one attached hydrogen (secondary N) is 1. The third-order valence-electron chi connectivity index (χ3n) is 6.68. The van der Waals surface area contributed by atoms with Crippen LogP contribution in [0, 0.1) is 5.41 Å². The van der Waals surface area contributed by atoms with Crippen LogP contribution >= 0.6 is 0 Å². The molecule has 1 N–H and O–H groups in total. The molecule has 26 heavy (non-hydrogen) atoms. The van der Waals surface area contributed by atoms with Crippen molar-refractivity contribution >= 4 is 11.9 Å². The predicted octanol–water partition coefficient (Wildman–Crippen LogP) is 2.77. The number of nitrogens with zero attached hydrogens (tertiary/aromatic N) is 2. The average molecular weight is 366 g/mol. The lowest BCUT2D eigenvalue weighted by atomic mass is 9.74. The summed E-state index contributed by atoms with van der Waals surface area (Å²) in [7, 11) is 1.79. The first-order valence-electron chi connectivity index (χ1n) is 10.4. The van der Waals surface area contributed by atoms with E-state index >= 15 is 0 Å². The molecule has 2 heterocycles. The fraction of sp³-hybridized carbons (Fsp3) is 0.900. The number of ether oxygens (including phenoxy) is 1. The second-order valence-electron chi connectivity index (χ2n) is 8.67. The lowest BCUT2D eigenvalue weighted by Crippen LogP contribution is -2.46. The molecule has 0 bridgehead atoms. The number of hydrogen-bond donors (Lipinski definition) is 1. The molecule has 0 aromatic rings. The summed E-state index contributed by atoms with van der Waals surface area (Å²) in [5.41, 5.74) is 0.182. The lowest BCUT2D eigenvalue weighted by molar-refractivity contribution is -0.129. The highest BCUT2D eigenvalue weighted by molar-refractivity contribution is 5.78. The first-order chi connectivity index (χ1) is 12.5. The van der Waals surface area contributed by atoms with E-state index in [1.54, 1.807) is 7.11 Å². The summed E-state index contributed by atoms with van der Waals surface area (Å²) in [6.07, 6.45) is 9.35. The minimum Gasteiger partial charge on any atom is -0.381 e. The van der Waals surface area contributed by atoms with E-state index in [4.69, 9.17) is 4.74 Å². The first kappa shape index (κ1) is 19.5. The van der Waals surface area contributed by atoms with Crippen molar-refractivity contribution < 1.29 is 14.3 Å². The van der Waals surface area contributed by atoms with Gasteiger partial charge in [-0.15, -0.1) is 0 Å². The summed E-state index contributed by atoms with van der Waals surface area (Å²) in [6.45, 7) is 5.47. The predicted molar refractivity (Wildman–Crippen MR) is 101 cm³/mol. The molecule has 1 aliphatic carbocycles. The number of hydrogen-bond acceptors (Lipinski definition) is 3. The Kier molecular flexibility index (Phi) is 6.43. The maximum absolute atomic E-state index is 12.7. The molecule has 2 saturated heterocycles. The van der Waals surface area contributed by atoms with E-state index in [9.17, 15) is 9.59 Å². The maximum Gasteiger partial charge on any atom is 0.317 e. The molecule has 3 aliphatic rings. The summed E-state index contributed by atoms with van der Waals surface area (Å²) < 4.78 is 5.46. The summed E-state index contributed by atoms with van der Waals surface area (Å²) in [6, 6.07) is 0.387. The van der Waals surface area contributed by atoms with E-state index in [0.29, 0.717) is 24.5 Å². The van der Waals surface area contributed by atoms with Crippen molar-refractivity contribution in [2.75, 3.05) is 33.3 Å². The van der Waals surface area contributed by atoms with E-state index in [-0.39, 0.29) is 11.4 Å². The molecule has 148 valence electrons.